The summed E-state index contributed by atoms with van der Waals surface area (Å²) in [7, 11) is 1.73. The molecule has 0 heterocycles. The van der Waals surface area contributed by atoms with Gasteiger partial charge in [0.25, 0.3) is 0 Å². The third kappa shape index (κ3) is 3.74. The number of para-hydroxylation sites is 1. The van der Waals surface area contributed by atoms with Gasteiger partial charge in [-0.1, -0.05) is 45.9 Å². The third-order valence-electron chi connectivity index (χ3n) is 3.67. The Hall–Kier alpha value is -1.02. The Morgan fingerprint density at radius 2 is 1.83 bits per heavy atom. The quantitative estimate of drug-likeness (QED) is 0.845. The van der Waals surface area contributed by atoms with Crippen LogP contribution in [0.3, 0.4) is 0 Å². The van der Waals surface area contributed by atoms with Gasteiger partial charge in [0.2, 0.25) is 0 Å². The standard InChI is InChI=1S/C16H27NO/c1-7-14(17-12(2)16(3,4)5)13-10-8-9-11-15(13)18-6/h8-12,14,17H,7H2,1-6H3. The van der Waals surface area contributed by atoms with E-state index in [0.29, 0.717) is 12.1 Å². The molecule has 0 aliphatic heterocycles. The summed E-state index contributed by atoms with van der Waals surface area (Å²) < 4.78 is 5.46. The molecule has 0 aromatic heterocycles. The van der Waals surface area contributed by atoms with Gasteiger partial charge in [0.15, 0.2) is 0 Å². The smallest absolute Gasteiger partial charge is 0.123 e. The van der Waals surface area contributed by atoms with Gasteiger partial charge in [-0.25, -0.2) is 0 Å². The maximum absolute atomic E-state index is 5.46. The first-order valence-corrected chi connectivity index (χ1v) is 6.79. The predicted molar refractivity (Wildman–Crippen MR) is 78.1 cm³/mol. The molecule has 102 valence electrons. The van der Waals surface area contributed by atoms with Gasteiger partial charge < -0.3 is 10.1 Å². The molecule has 2 atom stereocenters. The number of methoxy groups -OCH3 is 1. The van der Waals surface area contributed by atoms with E-state index in [4.69, 9.17) is 4.74 Å². The molecule has 0 saturated heterocycles. The molecule has 0 fully saturated rings. The molecular formula is C16H27NO. The number of nitrogens with one attached hydrogen (secondary N) is 1. The minimum atomic E-state index is 0.259. The van der Waals surface area contributed by atoms with E-state index in [1.54, 1.807) is 7.11 Å². The summed E-state index contributed by atoms with van der Waals surface area (Å²) in [5, 5.41) is 3.72. The zero-order valence-corrected chi connectivity index (χ0v) is 12.6. The summed E-state index contributed by atoms with van der Waals surface area (Å²) in [6, 6.07) is 9.06. The Bertz CT molecular complexity index is 368. The highest BCUT2D eigenvalue weighted by Gasteiger charge is 2.24. The predicted octanol–water partition coefficient (Wildman–Crippen LogP) is 4.17. The van der Waals surface area contributed by atoms with E-state index < -0.39 is 0 Å². The van der Waals surface area contributed by atoms with Gasteiger partial charge in [-0.15, -0.1) is 0 Å². The number of benzene rings is 1. The Labute approximate surface area is 112 Å². The van der Waals surface area contributed by atoms with Crippen molar-refractivity contribution in [2.45, 2.75) is 53.1 Å². The minimum Gasteiger partial charge on any atom is -0.496 e. The van der Waals surface area contributed by atoms with Crippen LogP contribution in [-0.2, 0) is 0 Å². The van der Waals surface area contributed by atoms with Crippen molar-refractivity contribution < 1.29 is 4.74 Å². The van der Waals surface area contributed by atoms with Crippen LogP contribution in [0, 0.1) is 5.41 Å². The SMILES string of the molecule is CCC(NC(C)C(C)(C)C)c1ccccc1OC. The molecule has 2 heteroatoms. The lowest BCUT2D eigenvalue weighted by Crippen LogP contribution is -2.39. The van der Waals surface area contributed by atoms with Gasteiger partial charge in [-0.05, 0) is 24.8 Å². The Balaban J connectivity index is 2.90. The van der Waals surface area contributed by atoms with Crippen LogP contribution in [0.4, 0.5) is 0 Å². The van der Waals surface area contributed by atoms with E-state index in [9.17, 15) is 0 Å². The summed E-state index contributed by atoms with van der Waals surface area (Å²) in [6.45, 7) is 11.2. The summed E-state index contributed by atoms with van der Waals surface area (Å²) in [6.07, 6.45) is 1.06. The first-order valence-electron chi connectivity index (χ1n) is 6.79. The number of hydrogen-bond acceptors (Lipinski definition) is 2. The van der Waals surface area contributed by atoms with Crippen molar-refractivity contribution in [1.29, 1.82) is 0 Å². The van der Waals surface area contributed by atoms with E-state index in [-0.39, 0.29) is 5.41 Å². The molecular weight excluding hydrogens is 222 g/mol. The van der Waals surface area contributed by atoms with Crippen molar-refractivity contribution in [1.82, 2.24) is 5.32 Å². The topological polar surface area (TPSA) is 21.3 Å². The fourth-order valence-electron chi connectivity index (χ4n) is 1.93. The Kier molecular flexibility index (Phi) is 5.21. The molecule has 18 heavy (non-hydrogen) atoms. The van der Waals surface area contributed by atoms with Crippen LogP contribution in [0.2, 0.25) is 0 Å². The summed E-state index contributed by atoms with van der Waals surface area (Å²) in [4.78, 5) is 0. The van der Waals surface area contributed by atoms with E-state index in [1.807, 2.05) is 12.1 Å². The lowest BCUT2D eigenvalue weighted by atomic mass is 9.87. The fourth-order valence-corrected chi connectivity index (χ4v) is 1.93. The lowest BCUT2D eigenvalue weighted by Gasteiger charge is -2.32. The second kappa shape index (κ2) is 6.24. The van der Waals surface area contributed by atoms with E-state index in [0.717, 1.165) is 12.2 Å². The molecule has 1 aromatic carbocycles. The van der Waals surface area contributed by atoms with Crippen molar-refractivity contribution in [3.05, 3.63) is 29.8 Å². The van der Waals surface area contributed by atoms with Crippen LogP contribution >= 0.6 is 0 Å². The zero-order valence-electron chi connectivity index (χ0n) is 12.6. The van der Waals surface area contributed by atoms with Crippen LogP contribution in [0.5, 0.6) is 5.75 Å². The second-order valence-electron chi connectivity index (χ2n) is 5.96. The molecule has 0 aliphatic rings. The van der Waals surface area contributed by atoms with Gasteiger partial charge in [-0.2, -0.15) is 0 Å². The molecule has 1 N–H and O–H groups in total. The first-order chi connectivity index (χ1) is 8.40. The van der Waals surface area contributed by atoms with Crippen molar-refractivity contribution >= 4 is 0 Å². The van der Waals surface area contributed by atoms with Gasteiger partial charge in [0.05, 0.1) is 7.11 Å². The minimum absolute atomic E-state index is 0.259. The molecule has 0 saturated carbocycles. The second-order valence-corrected chi connectivity index (χ2v) is 5.96. The molecule has 2 nitrogen and oxygen atoms in total. The Morgan fingerprint density at radius 1 is 1.22 bits per heavy atom. The van der Waals surface area contributed by atoms with E-state index >= 15 is 0 Å². The molecule has 1 aromatic rings. The summed E-state index contributed by atoms with van der Waals surface area (Å²) >= 11 is 0. The summed E-state index contributed by atoms with van der Waals surface area (Å²) in [5.74, 6) is 0.970. The number of ether oxygens (including phenoxy) is 1. The average Bonchev–Trinajstić information content (AvgIpc) is 2.34. The molecule has 0 amide bonds. The van der Waals surface area contributed by atoms with Gasteiger partial charge in [0, 0.05) is 17.6 Å². The molecule has 0 spiro atoms. The maximum atomic E-state index is 5.46. The highest BCUT2D eigenvalue weighted by atomic mass is 16.5. The van der Waals surface area contributed by atoms with E-state index in [1.165, 1.54) is 5.56 Å². The lowest BCUT2D eigenvalue weighted by molar-refractivity contribution is 0.258. The van der Waals surface area contributed by atoms with Crippen molar-refractivity contribution in [2.24, 2.45) is 5.41 Å². The largest absolute Gasteiger partial charge is 0.496 e. The third-order valence-corrected chi connectivity index (χ3v) is 3.67. The van der Waals surface area contributed by atoms with Crippen LogP contribution in [0.1, 0.15) is 52.6 Å². The molecule has 2 unspecified atom stereocenters. The Morgan fingerprint density at radius 3 is 2.33 bits per heavy atom. The van der Waals surface area contributed by atoms with Gasteiger partial charge in [-0.3, -0.25) is 0 Å². The van der Waals surface area contributed by atoms with Crippen molar-refractivity contribution in [3.63, 3.8) is 0 Å². The van der Waals surface area contributed by atoms with Crippen LogP contribution in [-0.4, -0.2) is 13.2 Å². The highest BCUT2D eigenvalue weighted by Crippen LogP contribution is 2.29. The summed E-state index contributed by atoms with van der Waals surface area (Å²) in [5.41, 5.74) is 1.51. The molecule has 0 radical (unpaired) electrons. The normalized spacial score (nSPS) is 15.2. The van der Waals surface area contributed by atoms with Crippen molar-refractivity contribution in [2.75, 3.05) is 7.11 Å². The van der Waals surface area contributed by atoms with E-state index in [2.05, 4.69) is 52.1 Å². The zero-order chi connectivity index (χ0) is 13.8. The monoisotopic (exact) mass is 249 g/mol. The molecule has 0 aliphatic carbocycles. The van der Waals surface area contributed by atoms with Crippen LogP contribution < -0.4 is 10.1 Å². The average molecular weight is 249 g/mol. The molecule has 0 bridgehead atoms. The van der Waals surface area contributed by atoms with Crippen LogP contribution in [0.15, 0.2) is 24.3 Å². The maximum Gasteiger partial charge on any atom is 0.123 e. The first kappa shape index (κ1) is 15.0. The number of rotatable bonds is 5. The van der Waals surface area contributed by atoms with Crippen LogP contribution in [0.25, 0.3) is 0 Å². The highest BCUT2D eigenvalue weighted by molar-refractivity contribution is 5.35. The molecule has 1 rings (SSSR count). The fraction of sp³-hybridized carbons (Fsp3) is 0.625. The van der Waals surface area contributed by atoms with Gasteiger partial charge >= 0.3 is 0 Å². The number of hydrogen-bond donors (Lipinski definition) is 1. The van der Waals surface area contributed by atoms with Crippen molar-refractivity contribution in [3.8, 4) is 5.75 Å². The van der Waals surface area contributed by atoms with Gasteiger partial charge in [0.1, 0.15) is 5.75 Å².